The van der Waals surface area contributed by atoms with E-state index in [0.29, 0.717) is 18.5 Å². The first-order valence-electron chi connectivity index (χ1n) is 4.53. The first-order valence-corrected chi connectivity index (χ1v) is 4.53. The van der Waals surface area contributed by atoms with Crippen molar-refractivity contribution in [3.8, 4) is 0 Å². The van der Waals surface area contributed by atoms with E-state index in [1.165, 1.54) is 0 Å². The number of rotatable bonds is 3. The van der Waals surface area contributed by atoms with Gasteiger partial charge in [0.05, 0.1) is 13.2 Å². The molecule has 0 saturated carbocycles. The molecule has 1 heterocycles. The fourth-order valence-corrected chi connectivity index (χ4v) is 1.68. The Kier molecular flexibility index (Phi) is 3.69. The maximum atomic E-state index is 10.2. The number of hydrogen-bond acceptors (Lipinski definition) is 3. The third-order valence-electron chi connectivity index (χ3n) is 2.36. The molecule has 0 bridgehead atoms. The van der Waals surface area contributed by atoms with Crippen molar-refractivity contribution in [2.45, 2.75) is 32.4 Å². The van der Waals surface area contributed by atoms with Crippen molar-refractivity contribution in [1.82, 2.24) is 4.90 Å². The second-order valence-electron chi connectivity index (χ2n) is 3.43. The molecule has 0 aromatic carbocycles. The van der Waals surface area contributed by atoms with Gasteiger partial charge in [0.2, 0.25) is 0 Å². The van der Waals surface area contributed by atoms with E-state index in [1.54, 1.807) is 0 Å². The van der Waals surface area contributed by atoms with E-state index in [1.807, 2.05) is 0 Å². The zero-order chi connectivity index (χ0) is 8.97. The van der Waals surface area contributed by atoms with E-state index in [2.05, 4.69) is 18.7 Å². The van der Waals surface area contributed by atoms with Gasteiger partial charge in [-0.05, 0) is 13.8 Å². The fraction of sp³-hybridized carbons (Fsp3) is 0.889. The molecule has 1 rings (SSSR count). The van der Waals surface area contributed by atoms with Crippen LogP contribution in [0.25, 0.3) is 0 Å². The Morgan fingerprint density at radius 3 is 2.50 bits per heavy atom. The van der Waals surface area contributed by atoms with E-state index >= 15 is 0 Å². The molecule has 1 aliphatic heterocycles. The van der Waals surface area contributed by atoms with Crippen molar-refractivity contribution in [2.24, 2.45) is 0 Å². The highest BCUT2D eigenvalue weighted by molar-refractivity contribution is 5.49. The number of ether oxygens (including phenoxy) is 1. The molecule has 3 heteroatoms. The smallest absolute Gasteiger partial charge is 0.121 e. The van der Waals surface area contributed by atoms with Gasteiger partial charge >= 0.3 is 0 Å². The summed E-state index contributed by atoms with van der Waals surface area (Å²) >= 11 is 0. The van der Waals surface area contributed by atoms with E-state index in [9.17, 15) is 4.79 Å². The van der Waals surface area contributed by atoms with Crippen molar-refractivity contribution in [2.75, 3.05) is 19.8 Å². The lowest BCUT2D eigenvalue weighted by atomic mass is 10.1. The molecular weight excluding hydrogens is 154 g/mol. The Bertz CT molecular complexity index is 139. The SMILES string of the molecule is CC1COCC(C)N1CCC=O. The summed E-state index contributed by atoms with van der Waals surface area (Å²) in [5, 5.41) is 0. The molecule has 0 spiro atoms. The van der Waals surface area contributed by atoms with Gasteiger partial charge in [0.25, 0.3) is 0 Å². The zero-order valence-electron chi connectivity index (χ0n) is 7.82. The molecule has 0 radical (unpaired) electrons. The minimum absolute atomic E-state index is 0.452. The van der Waals surface area contributed by atoms with E-state index < -0.39 is 0 Å². The predicted molar refractivity (Wildman–Crippen MR) is 47.1 cm³/mol. The van der Waals surface area contributed by atoms with Gasteiger partial charge in [0, 0.05) is 25.0 Å². The first-order chi connectivity index (χ1) is 5.75. The molecule has 1 aliphatic rings. The second kappa shape index (κ2) is 4.58. The van der Waals surface area contributed by atoms with Gasteiger partial charge in [-0.15, -0.1) is 0 Å². The third-order valence-corrected chi connectivity index (χ3v) is 2.36. The van der Waals surface area contributed by atoms with Crippen LogP contribution in [0.15, 0.2) is 0 Å². The van der Waals surface area contributed by atoms with Crippen LogP contribution in [0.3, 0.4) is 0 Å². The van der Waals surface area contributed by atoms with Gasteiger partial charge in [-0.2, -0.15) is 0 Å². The highest BCUT2D eigenvalue weighted by atomic mass is 16.5. The van der Waals surface area contributed by atoms with E-state index in [0.717, 1.165) is 26.0 Å². The van der Waals surface area contributed by atoms with Crippen molar-refractivity contribution < 1.29 is 9.53 Å². The molecular formula is C9H17NO2. The lowest BCUT2D eigenvalue weighted by molar-refractivity contribution is -0.109. The van der Waals surface area contributed by atoms with Crippen molar-refractivity contribution in [3.05, 3.63) is 0 Å². The van der Waals surface area contributed by atoms with Crippen LogP contribution in [0.5, 0.6) is 0 Å². The van der Waals surface area contributed by atoms with Crippen LogP contribution >= 0.6 is 0 Å². The normalized spacial score (nSPS) is 31.8. The van der Waals surface area contributed by atoms with Crippen LogP contribution in [0, 0.1) is 0 Å². The summed E-state index contributed by atoms with van der Waals surface area (Å²) in [4.78, 5) is 12.5. The lowest BCUT2D eigenvalue weighted by Gasteiger charge is -2.38. The highest BCUT2D eigenvalue weighted by Crippen LogP contribution is 2.12. The van der Waals surface area contributed by atoms with Crippen molar-refractivity contribution in [1.29, 1.82) is 0 Å². The minimum Gasteiger partial charge on any atom is -0.378 e. The zero-order valence-corrected chi connectivity index (χ0v) is 7.82. The van der Waals surface area contributed by atoms with Gasteiger partial charge in [-0.1, -0.05) is 0 Å². The Balaban J connectivity index is 2.39. The predicted octanol–water partition coefficient (Wildman–Crippen LogP) is 0.685. The van der Waals surface area contributed by atoms with Crippen LogP contribution in [0.2, 0.25) is 0 Å². The Morgan fingerprint density at radius 1 is 1.42 bits per heavy atom. The van der Waals surface area contributed by atoms with Crippen LogP contribution < -0.4 is 0 Å². The standard InChI is InChI=1S/C9H17NO2/c1-8-6-12-7-9(2)10(8)4-3-5-11/h5,8-9H,3-4,6-7H2,1-2H3. The van der Waals surface area contributed by atoms with Gasteiger partial charge in [-0.3, -0.25) is 4.90 Å². The molecule has 2 unspecified atom stereocenters. The molecule has 0 aromatic heterocycles. The summed E-state index contributed by atoms with van der Waals surface area (Å²) in [6.45, 7) is 6.74. The molecule has 3 nitrogen and oxygen atoms in total. The molecule has 1 saturated heterocycles. The number of nitrogens with zero attached hydrogens (tertiary/aromatic N) is 1. The molecule has 1 fully saturated rings. The number of hydrogen-bond donors (Lipinski definition) is 0. The lowest BCUT2D eigenvalue weighted by Crippen LogP contribution is -2.49. The molecule has 0 amide bonds. The summed E-state index contributed by atoms with van der Waals surface area (Å²) in [7, 11) is 0. The van der Waals surface area contributed by atoms with Gasteiger partial charge < -0.3 is 9.53 Å². The van der Waals surface area contributed by atoms with E-state index in [4.69, 9.17) is 4.74 Å². The van der Waals surface area contributed by atoms with Gasteiger partial charge in [0.1, 0.15) is 6.29 Å². The maximum Gasteiger partial charge on any atom is 0.121 e. The fourth-order valence-electron chi connectivity index (χ4n) is 1.68. The summed E-state index contributed by atoms with van der Waals surface area (Å²) < 4.78 is 5.37. The monoisotopic (exact) mass is 171 g/mol. The molecule has 0 N–H and O–H groups in total. The average Bonchev–Trinajstić information content (AvgIpc) is 2.04. The average molecular weight is 171 g/mol. The third kappa shape index (κ3) is 2.29. The summed E-state index contributed by atoms with van der Waals surface area (Å²) in [5.74, 6) is 0. The van der Waals surface area contributed by atoms with Crippen molar-refractivity contribution in [3.63, 3.8) is 0 Å². The molecule has 2 atom stereocenters. The van der Waals surface area contributed by atoms with Crippen LogP contribution in [-0.2, 0) is 9.53 Å². The number of morpholine rings is 1. The quantitative estimate of drug-likeness (QED) is 0.585. The summed E-state index contributed by atoms with van der Waals surface area (Å²) in [6, 6.07) is 0.905. The number of carbonyl (C=O) groups excluding carboxylic acids is 1. The number of aldehydes is 1. The largest absolute Gasteiger partial charge is 0.378 e. The molecule has 0 aromatic rings. The summed E-state index contributed by atoms with van der Waals surface area (Å²) in [6.07, 6.45) is 1.61. The topological polar surface area (TPSA) is 29.5 Å². The Labute approximate surface area is 73.7 Å². The van der Waals surface area contributed by atoms with Crippen molar-refractivity contribution >= 4 is 6.29 Å². The maximum absolute atomic E-state index is 10.2. The second-order valence-corrected chi connectivity index (χ2v) is 3.43. The van der Waals surface area contributed by atoms with E-state index in [-0.39, 0.29) is 0 Å². The van der Waals surface area contributed by atoms with Gasteiger partial charge in [-0.25, -0.2) is 0 Å². The number of carbonyl (C=O) groups is 1. The van der Waals surface area contributed by atoms with Crippen LogP contribution in [-0.4, -0.2) is 43.0 Å². The Hall–Kier alpha value is -0.410. The van der Waals surface area contributed by atoms with Crippen LogP contribution in [0.4, 0.5) is 0 Å². The molecule has 12 heavy (non-hydrogen) atoms. The summed E-state index contributed by atoms with van der Waals surface area (Å²) in [5.41, 5.74) is 0. The molecule has 0 aliphatic carbocycles. The first kappa shape index (κ1) is 9.68. The minimum atomic E-state index is 0.452. The van der Waals surface area contributed by atoms with Gasteiger partial charge in [0.15, 0.2) is 0 Å². The van der Waals surface area contributed by atoms with Crippen LogP contribution in [0.1, 0.15) is 20.3 Å². The molecule has 70 valence electrons. The Morgan fingerprint density at radius 2 is 2.00 bits per heavy atom. The highest BCUT2D eigenvalue weighted by Gasteiger charge is 2.24.